The van der Waals surface area contributed by atoms with Gasteiger partial charge in [0.1, 0.15) is 6.04 Å². The summed E-state index contributed by atoms with van der Waals surface area (Å²) in [7, 11) is 0. The van der Waals surface area contributed by atoms with Gasteiger partial charge < -0.3 is 10.2 Å². The molecule has 4 nitrogen and oxygen atoms in total. The molecule has 1 aliphatic heterocycles. The average molecular weight is 267 g/mol. The molecule has 1 atom stereocenters. The van der Waals surface area contributed by atoms with Crippen LogP contribution in [-0.4, -0.2) is 29.3 Å². The predicted octanol–water partition coefficient (Wildman–Crippen LogP) is 2.29. The molecule has 0 saturated carbocycles. The Morgan fingerprint density at radius 1 is 1.44 bits per heavy atom. The van der Waals surface area contributed by atoms with Gasteiger partial charge in [0.15, 0.2) is 0 Å². The van der Waals surface area contributed by atoms with Crippen LogP contribution in [-0.2, 0) is 9.59 Å². The van der Waals surface area contributed by atoms with E-state index in [0.717, 1.165) is 6.42 Å². The van der Waals surface area contributed by atoms with Crippen molar-refractivity contribution in [2.45, 2.75) is 25.8 Å². The van der Waals surface area contributed by atoms with Crippen LogP contribution in [0.4, 0.5) is 5.69 Å². The average Bonchev–Trinajstić information content (AvgIpc) is 2.77. The summed E-state index contributed by atoms with van der Waals surface area (Å²) in [4.78, 5) is 25.1. The number of carbonyl (C=O) groups excluding carboxylic acids is 2. The number of likely N-dealkylation sites (tertiary alicyclic amines) is 1. The van der Waals surface area contributed by atoms with Gasteiger partial charge in [0.25, 0.3) is 0 Å². The number of carbonyl (C=O) groups is 2. The van der Waals surface area contributed by atoms with Crippen molar-refractivity contribution < 1.29 is 9.59 Å². The van der Waals surface area contributed by atoms with Crippen LogP contribution in [0.15, 0.2) is 24.3 Å². The first-order valence-corrected chi connectivity index (χ1v) is 6.29. The third kappa shape index (κ3) is 2.82. The molecule has 0 aromatic heterocycles. The Labute approximate surface area is 111 Å². The van der Waals surface area contributed by atoms with Crippen LogP contribution >= 0.6 is 11.6 Å². The van der Waals surface area contributed by atoms with E-state index in [1.165, 1.54) is 6.92 Å². The highest BCUT2D eigenvalue weighted by Crippen LogP contribution is 2.20. The Morgan fingerprint density at radius 2 is 2.22 bits per heavy atom. The van der Waals surface area contributed by atoms with Gasteiger partial charge in [-0.15, -0.1) is 0 Å². The summed E-state index contributed by atoms with van der Waals surface area (Å²) in [6, 6.07) is 6.62. The molecule has 2 amide bonds. The van der Waals surface area contributed by atoms with Gasteiger partial charge in [-0.1, -0.05) is 17.7 Å². The van der Waals surface area contributed by atoms with Gasteiger partial charge in [0.05, 0.1) is 0 Å². The quantitative estimate of drug-likeness (QED) is 0.893. The molecule has 18 heavy (non-hydrogen) atoms. The number of hydrogen-bond donors (Lipinski definition) is 1. The van der Waals surface area contributed by atoms with Crippen molar-refractivity contribution in [1.82, 2.24) is 4.90 Å². The van der Waals surface area contributed by atoms with Crippen molar-refractivity contribution in [2.24, 2.45) is 0 Å². The molecule has 0 spiro atoms. The SMILES string of the molecule is CC(=O)N1CCC[C@H]1C(=O)Nc1cccc(Cl)c1. The molecular formula is C13H15ClN2O2. The standard InChI is InChI=1S/C13H15ClN2O2/c1-9(17)16-7-3-6-12(16)13(18)15-11-5-2-4-10(14)8-11/h2,4-5,8,12H,3,6-7H2,1H3,(H,15,18)/t12-/m0/s1. The van der Waals surface area contributed by atoms with E-state index in [-0.39, 0.29) is 17.9 Å². The smallest absolute Gasteiger partial charge is 0.247 e. The lowest BCUT2D eigenvalue weighted by Gasteiger charge is -2.22. The minimum absolute atomic E-state index is 0.0567. The zero-order valence-electron chi connectivity index (χ0n) is 10.1. The molecule has 1 aromatic rings. The number of anilines is 1. The van der Waals surface area contributed by atoms with Gasteiger partial charge in [0.2, 0.25) is 11.8 Å². The normalized spacial score (nSPS) is 18.8. The molecule has 0 unspecified atom stereocenters. The van der Waals surface area contributed by atoms with Crippen LogP contribution in [0.5, 0.6) is 0 Å². The topological polar surface area (TPSA) is 49.4 Å². The number of hydrogen-bond acceptors (Lipinski definition) is 2. The van der Waals surface area contributed by atoms with Crippen molar-refractivity contribution in [3.05, 3.63) is 29.3 Å². The molecule has 2 rings (SSSR count). The van der Waals surface area contributed by atoms with Crippen molar-refractivity contribution in [3.63, 3.8) is 0 Å². The van der Waals surface area contributed by atoms with Crippen LogP contribution in [0.1, 0.15) is 19.8 Å². The third-order valence-electron chi connectivity index (χ3n) is 3.05. The molecule has 1 heterocycles. The first-order valence-electron chi connectivity index (χ1n) is 5.91. The van der Waals surface area contributed by atoms with Gasteiger partial charge in [-0.3, -0.25) is 9.59 Å². The van der Waals surface area contributed by atoms with E-state index in [4.69, 9.17) is 11.6 Å². The van der Waals surface area contributed by atoms with Crippen LogP contribution in [0, 0.1) is 0 Å². The second kappa shape index (κ2) is 5.40. The number of halogens is 1. The summed E-state index contributed by atoms with van der Waals surface area (Å²) in [6.07, 6.45) is 1.58. The van der Waals surface area contributed by atoms with E-state index in [0.29, 0.717) is 23.7 Å². The molecule has 0 radical (unpaired) electrons. The molecular weight excluding hydrogens is 252 g/mol. The third-order valence-corrected chi connectivity index (χ3v) is 3.29. The fourth-order valence-electron chi connectivity index (χ4n) is 2.21. The molecule has 0 bridgehead atoms. The highest BCUT2D eigenvalue weighted by atomic mass is 35.5. The largest absolute Gasteiger partial charge is 0.331 e. The first-order chi connectivity index (χ1) is 8.58. The van der Waals surface area contributed by atoms with Gasteiger partial charge in [-0.05, 0) is 31.0 Å². The number of rotatable bonds is 2. The number of benzene rings is 1. The lowest BCUT2D eigenvalue weighted by Crippen LogP contribution is -2.42. The van der Waals surface area contributed by atoms with E-state index < -0.39 is 0 Å². The monoisotopic (exact) mass is 266 g/mol. The van der Waals surface area contributed by atoms with E-state index >= 15 is 0 Å². The minimum atomic E-state index is -0.360. The molecule has 96 valence electrons. The minimum Gasteiger partial charge on any atom is -0.331 e. The summed E-state index contributed by atoms with van der Waals surface area (Å²) in [5.74, 6) is -0.205. The highest BCUT2D eigenvalue weighted by molar-refractivity contribution is 6.30. The Hall–Kier alpha value is -1.55. The summed E-state index contributed by atoms with van der Waals surface area (Å²) in [6.45, 7) is 2.15. The second-order valence-electron chi connectivity index (χ2n) is 4.37. The van der Waals surface area contributed by atoms with Crippen LogP contribution < -0.4 is 5.32 Å². The van der Waals surface area contributed by atoms with Crippen LogP contribution in [0.3, 0.4) is 0 Å². The van der Waals surface area contributed by atoms with Crippen LogP contribution in [0.25, 0.3) is 0 Å². The summed E-state index contributed by atoms with van der Waals surface area (Å²) in [5, 5.41) is 3.36. The fourth-order valence-corrected chi connectivity index (χ4v) is 2.40. The van der Waals surface area contributed by atoms with E-state index in [1.807, 2.05) is 0 Å². The maximum absolute atomic E-state index is 12.1. The summed E-state index contributed by atoms with van der Waals surface area (Å²) >= 11 is 5.85. The van der Waals surface area contributed by atoms with Gasteiger partial charge in [-0.25, -0.2) is 0 Å². The highest BCUT2D eigenvalue weighted by Gasteiger charge is 2.32. The van der Waals surface area contributed by atoms with E-state index in [1.54, 1.807) is 29.2 Å². The molecule has 5 heteroatoms. The zero-order chi connectivity index (χ0) is 13.1. The fraction of sp³-hybridized carbons (Fsp3) is 0.385. The van der Waals surface area contributed by atoms with Gasteiger partial charge >= 0.3 is 0 Å². The second-order valence-corrected chi connectivity index (χ2v) is 4.81. The lowest BCUT2D eigenvalue weighted by molar-refractivity contribution is -0.134. The Morgan fingerprint density at radius 3 is 2.89 bits per heavy atom. The molecule has 1 saturated heterocycles. The number of nitrogens with one attached hydrogen (secondary N) is 1. The molecule has 1 aromatic carbocycles. The van der Waals surface area contributed by atoms with E-state index in [9.17, 15) is 9.59 Å². The maximum atomic E-state index is 12.1. The Kier molecular flexibility index (Phi) is 3.87. The Bertz CT molecular complexity index is 476. The molecule has 1 N–H and O–H groups in total. The van der Waals surface area contributed by atoms with Crippen molar-refractivity contribution in [1.29, 1.82) is 0 Å². The first kappa shape index (κ1) is 12.9. The summed E-state index contributed by atoms with van der Waals surface area (Å²) in [5.41, 5.74) is 0.655. The van der Waals surface area contributed by atoms with Gasteiger partial charge in [-0.2, -0.15) is 0 Å². The number of amides is 2. The molecule has 0 aliphatic carbocycles. The lowest BCUT2D eigenvalue weighted by atomic mass is 10.2. The molecule has 1 fully saturated rings. The molecule has 1 aliphatic rings. The van der Waals surface area contributed by atoms with Crippen molar-refractivity contribution >= 4 is 29.1 Å². The maximum Gasteiger partial charge on any atom is 0.247 e. The van der Waals surface area contributed by atoms with Gasteiger partial charge in [0, 0.05) is 24.2 Å². The van der Waals surface area contributed by atoms with E-state index in [2.05, 4.69) is 5.32 Å². The zero-order valence-corrected chi connectivity index (χ0v) is 10.9. The predicted molar refractivity (Wildman–Crippen MR) is 70.5 cm³/mol. The van der Waals surface area contributed by atoms with Crippen molar-refractivity contribution in [3.8, 4) is 0 Å². The summed E-state index contributed by atoms with van der Waals surface area (Å²) < 4.78 is 0. The van der Waals surface area contributed by atoms with Crippen LogP contribution in [0.2, 0.25) is 5.02 Å². The van der Waals surface area contributed by atoms with Crippen molar-refractivity contribution in [2.75, 3.05) is 11.9 Å². The number of nitrogens with zero attached hydrogens (tertiary/aromatic N) is 1. The Balaban J connectivity index is 2.06.